The van der Waals surface area contributed by atoms with E-state index in [-0.39, 0.29) is 5.78 Å². The van der Waals surface area contributed by atoms with Crippen LogP contribution in [0.4, 0.5) is 0 Å². The molecule has 0 aromatic heterocycles. The molecule has 0 bridgehead atoms. The van der Waals surface area contributed by atoms with Crippen molar-refractivity contribution in [3.63, 3.8) is 0 Å². The second-order valence-corrected chi connectivity index (χ2v) is 4.45. The van der Waals surface area contributed by atoms with Crippen LogP contribution in [0.25, 0.3) is 0 Å². The zero-order valence-corrected chi connectivity index (χ0v) is 9.56. The van der Waals surface area contributed by atoms with Crippen molar-refractivity contribution in [2.45, 2.75) is 32.1 Å². The highest BCUT2D eigenvalue weighted by Gasteiger charge is 2.11. The van der Waals surface area contributed by atoms with Crippen molar-refractivity contribution in [2.75, 3.05) is 0 Å². The molecule has 0 N–H and O–H groups in total. The maximum Gasteiger partial charge on any atom is 0.162 e. The van der Waals surface area contributed by atoms with E-state index in [1.807, 2.05) is 30.3 Å². The van der Waals surface area contributed by atoms with Crippen molar-refractivity contribution in [3.8, 4) is 0 Å². The van der Waals surface area contributed by atoms with Crippen LogP contribution in [-0.4, -0.2) is 5.78 Å². The van der Waals surface area contributed by atoms with Gasteiger partial charge in [-0.1, -0.05) is 42.5 Å². The van der Waals surface area contributed by atoms with Gasteiger partial charge in [0.1, 0.15) is 0 Å². The predicted molar refractivity (Wildman–Crippen MR) is 66.5 cm³/mol. The third-order valence-electron chi connectivity index (χ3n) is 3.19. The summed E-state index contributed by atoms with van der Waals surface area (Å²) in [6.07, 6.45) is 9.95. The van der Waals surface area contributed by atoms with Gasteiger partial charge in [0.2, 0.25) is 0 Å². The number of rotatable bonds is 4. The van der Waals surface area contributed by atoms with Crippen molar-refractivity contribution in [1.82, 2.24) is 0 Å². The highest BCUT2D eigenvalue weighted by atomic mass is 16.1. The SMILES string of the molecule is O=C(CC[C@H]1C=CCCC1)c1ccccc1. The lowest BCUT2D eigenvalue weighted by Gasteiger charge is -2.15. The van der Waals surface area contributed by atoms with Crippen LogP contribution >= 0.6 is 0 Å². The van der Waals surface area contributed by atoms with E-state index in [2.05, 4.69) is 12.2 Å². The summed E-state index contributed by atoms with van der Waals surface area (Å²) >= 11 is 0. The van der Waals surface area contributed by atoms with Gasteiger partial charge in [0, 0.05) is 12.0 Å². The molecule has 16 heavy (non-hydrogen) atoms. The summed E-state index contributed by atoms with van der Waals surface area (Å²) in [5.74, 6) is 0.904. The fraction of sp³-hybridized carbons (Fsp3) is 0.400. The minimum absolute atomic E-state index is 0.277. The number of carbonyl (C=O) groups is 1. The van der Waals surface area contributed by atoms with Gasteiger partial charge in [-0.15, -0.1) is 0 Å². The van der Waals surface area contributed by atoms with Gasteiger partial charge in [-0.25, -0.2) is 0 Å². The predicted octanol–water partition coefficient (Wildman–Crippen LogP) is 4.01. The van der Waals surface area contributed by atoms with Crippen molar-refractivity contribution in [1.29, 1.82) is 0 Å². The van der Waals surface area contributed by atoms with Crippen LogP contribution in [0.3, 0.4) is 0 Å². The second kappa shape index (κ2) is 5.64. The molecule has 1 nitrogen and oxygen atoms in total. The van der Waals surface area contributed by atoms with Crippen LogP contribution in [0.2, 0.25) is 0 Å². The Balaban J connectivity index is 1.84. The van der Waals surface area contributed by atoms with Gasteiger partial charge in [0.15, 0.2) is 5.78 Å². The van der Waals surface area contributed by atoms with E-state index in [4.69, 9.17) is 0 Å². The summed E-state index contributed by atoms with van der Waals surface area (Å²) in [6.45, 7) is 0. The number of benzene rings is 1. The molecule has 2 rings (SSSR count). The van der Waals surface area contributed by atoms with Crippen LogP contribution < -0.4 is 0 Å². The molecule has 0 spiro atoms. The Morgan fingerprint density at radius 2 is 2.06 bits per heavy atom. The number of Topliss-reactive ketones (excluding diaryl/α,β-unsaturated/α-hetero) is 1. The number of hydrogen-bond acceptors (Lipinski definition) is 1. The molecule has 0 saturated heterocycles. The normalized spacial score (nSPS) is 19.6. The van der Waals surface area contributed by atoms with E-state index in [9.17, 15) is 4.79 Å². The molecule has 1 atom stereocenters. The molecule has 0 aliphatic heterocycles. The van der Waals surface area contributed by atoms with Crippen molar-refractivity contribution >= 4 is 5.78 Å². The third-order valence-corrected chi connectivity index (χ3v) is 3.19. The fourth-order valence-corrected chi connectivity index (χ4v) is 2.21. The standard InChI is InChI=1S/C15H18O/c16-15(14-9-5-2-6-10-14)12-11-13-7-3-1-4-8-13/h2-3,5-7,9-10,13H,1,4,8,11-12H2/t13-/m0/s1. The number of ketones is 1. The van der Waals surface area contributed by atoms with E-state index in [1.54, 1.807) is 0 Å². The average molecular weight is 214 g/mol. The first-order valence-electron chi connectivity index (χ1n) is 6.11. The van der Waals surface area contributed by atoms with Crippen molar-refractivity contribution < 1.29 is 4.79 Å². The Labute approximate surface area is 97.2 Å². The molecular formula is C15H18O. The smallest absolute Gasteiger partial charge is 0.162 e. The van der Waals surface area contributed by atoms with Gasteiger partial charge in [-0.05, 0) is 31.6 Å². The molecule has 1 heteroatoms. The van der Waals surface area contributed by atoms with Gasteiger partial charge < -0.3 is 0 Å². The number of hydrogen-bond donors (Lipinski definition) is 0. The first-order chi connectivity index (χ1) is 7.86. The Hall–Kier alpha value is -1.37. The molecule has 0 amide bonds. The maximum atomic E-state index is 11.9. The van der Waals surface area contributed by atoms with Crippen LogP contribution in [0, 0.1) is 5.92 Å². The number of allylic oxidation sites excluding steroid dienone is 2. The minimum atomic E-state index is 0.277. The minimum Gasteiger partial charge on any atom is -0.294 e. The van der Waals surface area contributed by atoms with E-state index in [0.717, 1.165) is 12.0 Å². The largest absolute Gasteiger partial charge is 0.294 e. The van der Waals surface area contributed by atoms with Crippen molar-refractivity contribution in [2.24, 2.45) is 5.92 Å². The highest BCUT2D eigenvalue weighted by Crippen LogP contribution is 2.22. The first kappa shape index (κ1) is 11.1. The summed E-state index contributed by atoms with van der Waals surface area (Å²) in [5, 5.41) is 0. The lowest BCUT2D eigenvalue weighted by Crippen LogP contribution is -2.05. The van der Waals surface area contributed by atoms with Crippen LogP contribution in [0.5, 0.6) is 0 Å². The molecule has 0 fully saturated rings. The Morgan fingerprint density at radius 3 is 2.75 bits per heavy atom. The zero-order chi connectivity index (χ0) is 11.2. The molecule has 84 valence electrons. The zero-order valence-electron chi connectivity index (χ0n) is 9.56. The molecule has 0 heterocycles. The molecule has 0 unspecified atom stereocenters. The van der Waals surface area contributed by atoms with Crippen molar-refractivity contribution in [3.05, 3.63) is 48.0 Å². The summed E-state index contributed by atoms with van der Waals surface area (Å²) in [7, 11) is 0. The van der Waals surface area contributed by atoms with Gasteiger partial charge in [-0.3, -0.25) is 4.79 Å². The number of carbonyl (C=O) groups excluding carboxylic acids is 1. The summed E-state index contributed by atoms with van der Waals surface area (Å²) in [4.78, 5) is 11.9. The van der Waals surface area contributed by atoms with Gasteiger partial charge >= 0.3 is 0 Å². The fourth-order valence-electron chi connectivity index (χ4n) is 2.21. The summed E-state index contributed by atoms with van der Waals surface area (Å²) in [6, 6.07) is 9.60. The molecule has 0 radical (unpaired) electrons. The summed E-state index contributed by atoms with van der Waals surface area (Å²) in [5.41, 5.74) is 0.849. The molecule has 1 aliphatic carbocycles. The molecule has 1 aliphatic rings. The molecule has 1 aromatic carbocycles. The lowest BCUT2D eigenvalue weighted by atomic mass is 9.90. The van der Waals surface area contributed by atoms with Gasteiger partial charge in [0.05, 0.1) is 0 Å². The van der Waals surface area contributed by atoms with Crippen LogP contribution in [0.15, 0.2) is 42.5 Å². The quantitative estimate of drug-likeness (QED) is 0.547. The van der Waals surface area contributed by atoms with Crippen LogP contribution in [0.1, 0.15) is 42.5 Å². The molecule has 0 saturated carbocycles. The Kier molecular flexibility index (Phi) is 3.92. The third kappa shape index (κ3) is 3.06. The topological polar surface area (TPSA) is 17.1 Å². The lowest BCUT2D eigenvalue weighted by molar-refractivity contribution is 0.0975. The highest BCUT2D eigenvalue weighted by molar-refractivity contribution is 5.95. The van der Waals surface area contributed by atoms with E-state index < -0.39 is 0 Å². The second-order valence-electron chi connectivity index (χ2n) is 4.45. The van der Waals surface area contributed by atoms with Gasteiger partial charge in [0.25, 0.3) is 0 Å². The Bertz CT molecular complexity index is 364. The first-order valence-corrected chi connectivity index (χ1v) is 6.11. The molecular weight excluding hydrogens is 196 g/mol. The monoisotopic (exact) mass is 214 g/mol. The van der Waals surface area contributed by atoms with Gasteiger partial charge in [-0.2, -0.15) is 0 Å². The Morgan fingerprint density at radius 1 is 1.25 bits per heavy atom. The molecule has 1 aromatic rings. The average Bonchev–Trinajstić information content (AvgIpc) is 2.38. The maximum absolute atomic E-state index is 11.9. The summed E-state index contributed by atoms with van der Waals surface area (Å²) < 4.78 is 0. The van der Waals surface area contributed by atoms with E-state index in [0.29, 0.717) is 12.3 Å². The van der Waals surface area contributed by atoms with E-state index >= 15 is 0 Å². The van der Waals surface area contributed by atoms with E-state index in [1.165, 1.54) is 19.3 Å². The van der Waals surface area contributed by atoms with Crippen LogP contribution in [-0.2, 0) is 0 Å².